The largest absolute Gasteiger partial charge is 0.457 e. The lowest BCUT2D eigenvalue weighted by Crippen LogP contribution is -2.26. The van der Waals surface area contributed by atoms with Crippen LogP contribution in [0.1, 0.15) is 26.6 Å². The minimum atomic E-state index is -0.635. The van der Waals surface area contributed by atoms with Gasteiger partial charge in [0.1, 0.15) is 5.60 Å². The summed E-state index contributed by atoms with van der Waals surface area (Å²) in [6, 6.07) is 0. The number of nitrogens with zero attached hydrogens (tertiary/aromatic N) is 3. The first-order valence-electron chi connectivity index (χ1n) is 5.77. The van der Waals surface area contributed by atoms with Gasteiger partial charge in [0, 0.05) is 11.5 Å². The number of amides is 1. The van der Waals surface area contributed by atoms with Crippen molar-refractivity contribution in [2.24, 2.45) is 5.16 Å². The van der Waals surface area contributed by atoms with E-state index >= 15 is 0 Å². The first-order valence-corrected chi connectivity index (χ1v) is 6.54. The van der Waals surface area contributed by atoms with Crippen molar-refractivity contribution in [1.29, 1.82) is 0 Å². The summed E-state index contributed by atoms with van der Waals surface area (Å²) in [5.74, 6) is -0.630. The summed E-state index contributed by atoms with van der Waals surface area (Å²) < 4.78 is 8.81. The van der Waals surface area contributed by atoms with Crippen molar-refractivity contribution in [3.8, 4) is 0 Å². The molecule has 0 unspecified atom stereocenters. The van der Waals surface area contributed by atoms with Crippen LogP contribution in [0.3, 0.4) is 0 Å². The van der Waals surface area contributed by atoms with E-state index in [9.17, 15) is 14.4 Å². The second-order valence-electron chi connectivity index (χ2n) is 4.64. The number of aldehydes is 1. The second-order valence-corrected chi connectivity index (χ2v) is 5.39. The number of nitrogens with one attached hydrogen (secondary N) is 1. The van der Waals surface area contributed by atoms with Crippen molar-refractivity contribution < 1.29 is 24.0 Å². The lowest BCUT2D eigenvalue weighted by Gasteiger charge is -2.18. The van der Waals surface area contributed by atoms with Crippen molar-refractivity contribution in [2.45, 2.75) is 26.4 Å². The van der Waals surface area contributed by atoms with E-state index in [0.717, 1.165) is 11.5 Å². The fourth-order valence-electron chi connectivity index (χ4n) is 1.08. The number of anilines is 1. The van der Waals surface area contributed by atoms with Crippen LogP contribution < -0.4 is 5.32 Å². The van der Waals surface area contributed by atoms with Crippen LogP contribution in [0, 0.1) is 0 Å². The molecular weight excluding hydrogens is 300 g/mol. The average molecular weight is 314 g/mol. The Kier molecular flexibility index (Phi) is 5.91. The third kappa shape index (κ3) is 6.08. The van der Waals surface area contributed by atoms with Crippen LogP contribution >= 0.6 is 11.5 Å². The van der Waals surface area contributed by atoms with E-state index in [1.807, 2.05) is 0 Å². The van der Waals surface area contributed by atoms with Crippen molar-refractivity contribution in [3.63, 3.8) is 0 Å². The van der Waals surface area contributed by atoms with Gasteiger partial charge in [0.25, 0.3) is 0 Å². The number of ether oxygens (including phenoxy) is 1. The van der Waals surface area contributed by atoms with Crippen LogP contribution in [-0.2, 0) is 24.0 Å². The molecular formula is C11H14N4O5S. The van der Waals surface area contributed by atoms with Gasteiger partial charge >= 0.3 is 5.97 Å². The third-order valence-electron chi connectivity index (χ3n) is 1.71. The van der Waals surface area contributed by atoms with Gasteiger partial charge in [0.15, 0.2) is 17.8 Å². The molecule has 0 saturated heterocycles. The predicted molar refractivity (Wildman–Crippen MR) is 74.0 cm³/mol. The molecule has 0 aliphatic heterocycles. The monoisotopic (exact) mass is 314 g/mol. The first-order chi connectivity index (χ1) is 9.85. The maximum absolute atomic E-state index is 11.4. The normalized spacial score (nSPS) is 11.7. The highest BCUT2D eigenvalue weighted by molar-refractivity contribution is 7.10. The van der Waals surface area contributed by atoms with Gasteiger partial charge in [-0.25, -0.2) is 4.79 Å². The Bertz CT molecular complexity index is 549. The van der Waals surface area contributed by atoms with Gasteiger partial charge in [0.05, 0.1) is 0 Å². The molecule has 0 saturated carbocycles. The maximum Gasteiger partial charge on any atom is 0.347 e. The van der Waals surface area contributed by atoms with Crippen LogP contribution in [0.5, 0.6) is 0 Å². The summed E-state index contributed by atoms with van der Waals surface area (Å²) in [5, 5.41) is 5.96. The Hall–Kier alpha value is -2.36. The van der Waals surface area contributed by atoms with Crippen molar-refractivity contribution in [3.05, 3.63) is 5.82 Å². The predicted octanol–water partition coefficient (Wildman–Crippen LogP) is 0.368. The Balaban J connectivity index is 2.61. The highest BCUT2D eigenvalue weighted by atomic mass is 32.1. The van der Waals surface area contributed by atoms with Crippen LogP contribution in [0.4, 0.5) is 5.13 Å². The average Bonchev–Trinajstić information content (AvgIpc) is 2.81. The lowest BCUT2D eigenvalue weighted by molar-refractivity contribution is -0.160. The summed E-state index contributed by atoms with van der Waals surface area (Å²) in [5.41, 5.74) is -0.836. The molecule has 0 fully saturated rings. The van der Waals surface area contributed by atoms with Crippen molar-refractivity contribution >= 4 is 41.0 Å². The quantitative estimate of drug-likeness (QED) is 0.334. The number of hydrogen-bond acceptors (Lipinski definition) is 9. The highest BCUT2D eigenvalue weighted by Crippen LogP contribution is 2.10. The molecule has 1 N–H and O–H groups in total. The number of carbonyl (C=O) groups is 3. The number of rotatable bonds is 7. The molecule has 0 aliphatic carbocycles. The molecule has 0 aliphatic rings. The van der Waals surface area contributed by atoms with E-state index in [1.54, 1.807) is 20.8 Å². The van der Waals surface area contributed by atoms with Gasteiger partial charge in [0.2, 0.25) is 18.1 Å². The van der Waals surface area contributed by atoms with E-state index in [2.05, 4.69) is 19.8 Å². The van der Waals surface area contributed by atoms with Gasteiger partial charge in [-0.1, -0.05) is 5.16 Å². The second kappa shape index (κ2) is 7.43. The summed E-state index contributed by atoms with van der Waals surface area (Å²) in [6.45, 7) is 4.70. The zero-order chi connectivity index (χ0) is 15.9. The van der Waals surface area contributed by atoms with Crippen molar-refractivity contribution in [2.75, 3.05) is 11.9 Å². The van der Waals surface area contributed by atoms with E-state index in [1.165, 1.54) is 0 Å². The summed E-state index contributed by atoms with van der Waals surface area (Å²) in [7, 11) is 0. The Morgan fingerprint density at radius 3 is 2.71 bits per heavy atom. The number of hydrogen-bond donors (Lipinski definition) is 1. The molecule has 0 spiro atoms. The fraction of sp³-hybridized carbons (Fsp3) is 0.455. The minimum Gasteiger partial charge on any atom is -0.457 e. The van der Waals surface area contributed by atoms with E-state index in [-0.39, 0.29) is 16.7 Å². The SMILES string of the molecule is CC(C)(C)OC(=O)CON=C(C=O)c1nsc(NC=O)n1. The van der Waals surface area contributed by atoms with E-state index in [4.69, 9.17) is 9.57 Å². The van der Waals surface area contributed by atoms with Crippen LogP contribution in [-0.4, -0.2) is 45.9 Å². The summed E-state index contributed by atoms with van der Waals surface area (Å²) >= 11 is 0.875. The van der Waals surface area contributed by atoms with E-state index in [0.29, 0.717) is 12.7 Å². The molecule has 1 aromatic rings. The molecule has 0 atom stereocenters. The van der Waals surface area contributed by atoms with Crippen molar-refractivity contribution in [1.82, 2.24) is 9.36 Å². The molecule has 1 amide bonds. The number of oxime groups is 1. The Labute approximate surface area is 124 Å². The summed E-state index contributed by atoms with van der Waals surface area (Å²) in [4.78, 5) is 41.1. The Morgan fingerprint density at radius 1 is 1.43 bits per heavy atom. The zero-order valence-corrected chi connectivity index (χ0v) is 12.5. The molecule has 0 radical (unpaired) electrons. The molecule has 1 rings (SSSR count). The molecule has 1 aromatic heterocycles. The molecule has 114 valence electrons. The zero-order valence-electron chi connectivity index (χ0n) is 11.7. The molecule has 0 aromatic carbocycles. The van der Waals surface area contributed by atoms with Gasteiger partial charge in [-0.3, -0.25) is 9.59 Å². The molecule has 10 heteroatoms. The van der Waals surface area contributed by atoms with Crippen LogP contribution in [0.2, 0.25) is 0 Å². The van der Waals surface area contributed by atoms with Gasteiger partial charge < -0.3 is 14.9 Å². The summed E-state index contributed by atoms with van der Waals surface area (Å²) in [6.07, 6.45) is 0.808. The number of carbonyl (C=O) groups excluding carboxylic acids is 3. The van der Waals surface area contributed by atoms with Gasteiger partial charge in [-0.05, 0) is 20.8 Å². The molecule has 1 heterocycles. The maximum atomic E-state index is 11.4. The first kappa shape index (κ1) is 16.7. The lowest BCUT2D eigenvalue weighted by atomic mass is 10.2. The third-order valence-corrected chi connectivity index (χ3v) is 2.36. The number of aromatic nitrogens is 2. The fourth-order valence-corrected chi connectivity index (χ4v) is 1.61. The minimum absolute atomic E-state index is 0.0106. The number of esters is 1. The standard InChI is InChI=1S/C11H14N4O5S/c1-11(2,3)20-8(18)5-19-14-7(4-16)9-13-10(12-6-17)21-15-9/h4,6H,5H2,1-3H3,(H,12,13,15,17). The molecule has 21 heavy (non-hydrogen) atoms. The molecule has 0 bridgehead atoms. The van der Waals surface area contributed by atoms with Gasteiger partial charge in [-0.2, -0.15) is 9.36 Å². The van der Waals surface area contributed by atoms with Crippen LogP contribution in [0.15, 0.2) is 5.16 Å². The van der Waals surface area contributed by atoms with E-state index < -0.39 is 18.2 Å². The Morgan fingerprint density at radius 2 is 2.14 bits per heavy atom. The highest BCUT2D eigenvalue weighted by Gasteiger charge is 2.17. The van der Waals surface area contributed by atoms with Gasteiger partial charge in [-0.15, -0.1) is 0 Å². The smallest absolute Gasteiger partial charge is 0.347 e. The van der Waals surface area contributed by atoms with Crippen LogP contribution in [0.25, 0.3) is 0 Å². The topological polar surface area (TPSA) is 120 Å². The molecule has 9 nitrogen and oxygen atoms in total.